The highest BCUT2D eigenvalue weighted by molar-refractivity contribution is 9.10. The highest BCUT2D eigenvalue weighted by Crippen LogP contribution is 2.23. The minimum absolute atomic E-state index is 0.217. The zero-order chi connectivity index (χ0) is 17.3. The summed E-state index contributed by atoms with van der Waals surface area (Å²) in [6, 6.07) is 13.3. The lowest BCUT2D eigenvalue weighted by Crippen LogP contribution is -2.16. The van der Waals surface area contributed by atoms with E-state index < -0.39 is 11.7 Å². The zero-order valence-corrected chi connectivity index (χ0v) is 15.7. The van der Waals surface area contributed by atoms with E-state index in [1.54, 1.807) is 10.7 Å². The van der Waals surface area contributed by atoms with Crippen molar-refractivity contribution < 1.29 is 9.18 Å². The normalized spacial score (nSPS) is 10.7. The number of amides is 1. The van der Waals surface area contributed by atoms with Crippen LogP contribution in [-0.4, -0.2) is 15.7 Å². The van der Waals surface area contributed by atoms with Crippen molar-refractivity contribution in [2.45, 2.75) is 6.92 Å². The van der Waals surface area contributed by atoms with E-state index in [-0.39, 0.29) is 5.56 Å². The van der Waals surface area contributed by atoms with Crippen LogP contribution in [0.15, 0.2) is 57.5 Å². The molecule has 4 nitrogen and oxygen atoms in total. The summed E-state index contributed by atoms with van der Waals surface area (Å²) >= 11 is 6.69. The first-order chi connectivity index (χ1) is 11.4. The molecule has 1 heterocycles. The molecular weight excluding hydrogens is 441 g/mol. The molecule has 0 saturated heterocycles. The molecule has 3 aromatic rings. The first kappa shape index (κ1) is 16.9. The van der Waals surface area contributed by atoms with Gasteiger partial charge in [-0.25, -0.2) is 9.07 Å². The fraction of sp³-hybridized carbons (Fsp3) is 0.0588. The van der Waals surface area contributed by atoms with Crippen LogP contribution < -0.4 is 5.32 Å². The van der Waals surface area contributed by atoms with Gasteiger partial charge in [0.1, 0.15) is 11.6 Å². The van der Waals surface area contributed by atoms with Gasteiger partial charge < -0.3 is 5.32 Å². The largest absolute Gasteiger partial charge is 0.306 e. The highest BCUT2D eigenvalue weighted by Gasteiger charge is 2.15. The third kappa shape index (κ3) is 3.57. The predicted octanol–water partition coefficient (Wildman–Crippen LogP) is 5.10. The van der Waals surface area contributed by atoms with Crippen molar-refractivity contribution in [2.24, 2.45) is 0 Å². The average Bonchev–Trinajstić information content (AvgIpc) is 2.90. The monoisotopic (exact) mass is 451 g/mol. The first-order valence-corrected chi connectivity index (χ1v) is 8.61. The Balaban J connectivity index is 1.96. The maximum Gasteiger partial charge on any atom is 0.258 e. The molecule has 2 aromatic carbocycles. The summed E-state index contributed by atoms with van der Waals surface area (Å²) in [5, 5.41) is 7.19. The number of anilines is 1. The summed E-state index contributed by atoms with van der Waals surface area (Å²) in [7, 11) is 0. The maximum absolute atomic E-state index is 13.4. The molecule has 0 aliphatic carbocycles. The van der Waals surface area contributed by atoms with Crippen LogP contribution in [0.3, 0.4) is 0 Å². The van der Waals surface area contributed by atoms with Crippen LogP contribution in [-0.2, 0) is 0 Å². The van der Waals surface area contributed by atoms with Crippen LogP contribution in [0, 0.1) is 12.7 Å². The van der Waals surface area contributed by atoms with Gasteiger partial charge in [0.25, 0.3) is 5.91 Å². The minimum atomic E-state index is -0.472. The van der Waals surface area contributed by atoms with Gasteiger partial charge in [0, 0.05) is 15.0 Å². The van der Waals surface area contributed by atoms with Crippen molar-refractivity contribution in [3.8, 4) is 5.69 Å². The Morgan fingerprint density at radius 3 is 2.71 bits per heavy atom. The van der Waals surface area contributed by atoms with Crippen LogP contribution in [0.5, 0.6) is 0 Å². The number of aromatic nitrogens is 2. The number of hydrogen-bond acceptors (Lipinski definition) is 2. The molecule has 3 rings (SSSR count). The molecule has 1 amide bonds. The summed E-state index contributed by atoms with van der Waals surface area (Å²) in [4.78, 5) is 12.5. The van der Waals surface area contributed by atoms with Gasteiger partial charge in [0.05, 0.1) is 16.9 Å². The van der Waals surface area contributed by atoms with Crippen molar-refractivity contribution >= 4 is 43.6 Å². The fourth-order valence-electron chi connectivity index (χ4n) is 2.25. The van der Waals surface area contributed by atoms with Crippen LogP contribution in [0.25, 0.3) is 5.69 Å². The molecule has 0 spiro atoms. The molecular formula is C17H12Br2FN3O. The van der Waals surface area contributed by atoms with E-state index in [1.807, 2.05) is 31.2 Å². The van der Waals surface area contributed by atoms with E-state index in [1.165, 1.54) is 18.2 Å². The Bertz CT molecular complexity index is 924. The minimum Gasteiger partial charge on any atom is -0.306 e. The molecule has 0 saturated carbocycles. The number of halogens is 3. The van der Waals surface area contributed by atoms with E-state index in [2.05, 4.69) is 42.3 Å². The Labute approximate surface area is 154 Å². The first-order valence-electron chi connectivity index (χ1n) is 7.03. The lowest BCUT2D eigenvalue weighted by atomic mass is 10.2. The average molecular weight is 453 g/mol. The SMILES string of the molecule is Cc1cc(NC(=O)c2cc(F)ccc2Br)n(-c2cccc(Br)c2)n1. The quantitative estimate of drug-likeness (QED) is 0.601. The van der Waals surface area contributed by atoms with Crippen molar-refractivity contribution in [1.82, 2.24) is 9.78 Å². The Morgan fingerprint density at radius 1 is 1.17 bits per heavy atom. The fourth-order valence-corrected chi connectivity index (χ4v) is 3.06. The smallest absolute Gasteiger partial charge is 0.258 e. The number of hydrogen-bond donors (Lipinski definition) is 1. The third-order valence-electron chi connectivity index (χ3n) is 3.30. The van der Waals surface area contributed by atoms with Gasteiger partial charge in [0.15, 0.2) is 0 Å². The molecule has 122 valence electrons. The van der Waals surface area contributed by atoms with E-state index in [9.17, 15) is 9.18 Å². The zero-order valence-electron chi connectivity index (χ0n) is 12.6. The number of carbonyl (C=O) groups is 1. The van der Waals surface area contributed by atoms with Gasteiger partial charge in [-0.3, -0.25) is 4.79 Å². The summed E-state index contributed by atoms with van der Waals surface area (Å²) in [6.45, 7) is 1.84. The van der Waals surface area contributed by atoms with Crippen molar-refractivity contribution in [1.29, 1.82) is 0 Å². The standard InChI is InChI=1S/C17H12Br2FN3O/c1-10-7-16(23(22-10)13-4-2-3-11(18)8-13)21-17(24)14-9-12(20)5-6-15(14)19/h2-9H,1H3,(H,21,24). The number of rotatable bonds is 3. The van der Waals surface area contributed by atoms with Crippen LogP contribution in [0.4, 0.5) is 10.2 Å². The number of aryl methyl sites for hydroxylation is 1. The lowest BCUT2D eigenvalue weighted by Gasteiger charge is -2.10. The van der Waals surface area contributed by atoms with E-state index in [0.717, 1.165) is 15.9 Å². The van der Waals surface area contributed by atoms with Crippen molar-refractivity contribution in [3.05, 3.63) is 74.6 Å². The number of nitrogens with zero attached hydrogens (tertiary/aromatic N) is 2. The van der Waals surface area contributed by atoms with E-state index >= 15 is 0 Å². The molecule has 7 heteroatoms. The molecule has 0 fully saturated rings. The summed E-state index contributed by atoms with van der Waals surface area (Å²) in [5.74, 6) is -0.385. The molecule has 0 aliphatic rings. The summed E-state index contributed by atoms with van der Waals surface area (Å²) < 4.78 is 16.5. The predicted molar refractivity (Wildman–Crippen MR) is 98.1 cm³/mol. The van der Waals surface area contributed by atoms with Gasteiger partial charge in [-0.05, 0) is 59.3 Å². The molecule has 0 bridgehead atoms. The Kier molecular flexibility index (Phi) is 4.82. The molecule has 1 N–H and O–H groups in total. The van der Waals surface area contributed by atoms with Gasteiger partial charge >= 0.3 is 0 Å². The van der Waals surface area contributed by atoms with E-state index in [4.69, 9.17) is 0 Å². The van der Waals surface area contributed by atoms with Crippen LogP contribution in [0.1, 0.15) is 16.1 Å². The molecule has 0 unspecified atom stereocenters. The second kappa shape index (κ2) is 6.86. The molecule has 0 atom stereocenters. The van der Waals surface area contributed by atoms with Gasteiger partial charge in [-0.1, -0.05) is 22.0 Å². The topological polar surface area (TPSA) is 46.9 Å². The molecule has 24 heavy (non-hydrogen) atoms. The summed E-state index contributed by atoms with van der Waals surface area (Å²) in [5.41, 5.74) is 1.77. The second-order valence-electron chi connectivity index (χ2n) is 5.14. The highest BCUT2D eigenvalue weighted by atomic mass is 79.9. The van der Waals surface area contributed by atoms with Crippen LogP contribution in [0.2, 0.25) is 0 Å². The number of benzene rings is 2. The molecule has 1 aromatic heterocycles. The maximum atomic E-state index is 13.4. The van der Waals surface area contributed by atoms with Gasteiger partial charge in [-0.2, -0.15) is 5.10 Å². The van der Waals surface area contributed by atoms with Crippen molar-refractivity contribution in [2.75, 3.05) is 5.32 Å². The van der Waals surface area contributed by atoms with E-state index in [0.29, 0.717) is 10.3 Å². The third-order valence-corrected chi connectivity index (χ3v) is 4.48. The van der Waals surface area contributed by atoms with Crippen LogP contribution >= 0.6 is 31.9 Å². The Morgan fingerprint density at radius 2 is 1.96 bits per heavy atom. The number of nitrogens with one attached hydrogen (secondary N) is 1. The van der Waals surface area contributed by atoms with Gasteiger partial charge in [-0.15, -0.1) is 0 Å². The van der Waals surface area contributed by atoms with Gasteiger partial charge in [0.2, 0.25) is 0 Å². The lowest BCUT2D eigenvalue weighted by molar-refractivity contribution is 0.102. The van der Waals surface area contributed by atoms with Crippen molar-refractivity contribution in [3.63, 3.8) is 0 Å². The molecule has 0 radical (unpaired) electrons. The molecule has 0 aliphatic heterocycles. The Hall–Kier alpha value is -1.99. The second-order valence-corrected chi connectivity index (χ2v) is 6.91. The summed E-state index contributed by atoms with van der Waals surface area (Å²) in [6.07, 6.45) is 0. The number of carbonyl (C=O) groups excluding carboxylic acids is 1.